The summed E-state index contributed by atoms with van der Waals surface area (Å²) in [6, 6.07) is 10.7. The minimum atomic E-state index is -0.571. The summed E-state index contributed by atoms with van der Waals surface area (Å²) in [7, 11) is 3.14. The van der Waals surface area contributed by atoms with E-state index in [4.69, 9.17) is 14.2 Å². The van der Waals surface area contributed by atoms with Crippen LogP contribution >= 0.6 is 11.8 Å². The summed E-state index contributed by atoms with van der Waals surface area (Å²) >= 11 is 1.42. The molecule has 188 valence electrons. The summed E-state index contributed by atoms with van der Waals surface area (Å²) in [5.41, 5.74) is 3.42. The van der Waals surface area contributed by atoms with Gasteiger partial charge in [0.2, 0.25) is 5.91 Å². The van der Waals surface area contributed by atoms with E-state index in [2.05, 4.69) is 15.3 Å². The van der Waals surface area contributed by atoms with Crippen molar-refractivity contribution < 1.29 is 23.8 Å². The van der Waals surface area contributed by atoms with Gasteiger partial charge in [-0.2, -0.15) is 0 Å². The van der Waals surface area contributed by atoms with Gasteiger partial charge in [-0.3, -0.25) is 9.78 Å². The molecule has 0 aliphatic carbocycles. The highest BCUT2D eigenvalue weighted by molar-refractivity contribution is 8.16. The van der Waals surface area contributed by atoms with Crippen molar-refractivity contribution in [3.05, 3.63) is 82.3 Å². The average Bonchev–Trinajstić information content (AvgIpc) is 3.29. The van der Waals surface area contributed by atoms with Crippen molar-refractivity contribution in [2.24, 2.45) is 4.99 Å². The zero-order chi connectivity index (χ0) is 25.5. The first-order valence-electron chi connectivity index (χ1n) is 11.4. The van der Waals surface area contributed by atoms with Crippen molar-refractivity contribution in [3.8, 4) is 5.75 Å². The molecular formula is C26H28N4O5S. The van der Waals surface area contributed by atoms with Crippen LogP contribution in [-0.2, 0) is 25.6 Å². The summed E-state index contributed by atoms with van der Waals surface area (Å²) < 4.78 is 16.2. The number of para-hydroxylation sites is 1. The van der Waals surface area contributed by atoms with E-state index in [0.717, 1.165) is 16.8 Å². The van der Waals surface area contributed by atoms with Gasteiger partial charge in [-0.05, 0) is 36.1 Å². The maximum absolute atomic E-state index is 13.3. The molecule has 0 bridgehead atoms. The maximum Gasteiger partial charge on any atom is 0.338 e. The molecule has 1 aromatic carbocycles. The summed E-state index contributed by atoms with van der Waals surface area (Å²) in [6.07, 6.45) is 3.50. The van der Waals surface area contributed by atoms with Crippen LogP contribution in [-0.4, -0.2) is 54.4 Å². The van der Waals surface area contributed by atoms with E-state index in [1.165, 1.54) is 11.8 Å². The molecule has 2 aliphatic rings. The van der Waals surface area contributed by atoms with Crippen LogP contribution in [0.4, 0.5) is 0 Å². The van der Waals surface area contributed by atoms with Crippen LogP contribution in [0.1, 0.15) is 30.5 Å². The third kappa shape index (κ3) is 5.60. The molecule has 3 heterocycles. The lowest BCUT2D eigenvalue weighted by atomic mass is 9.93. The number of rotatable bonds is 10. The SMILES string of the molecule is COCCOC(=O)C1=C(C)N=C2SC=C(CC(=O)NCc3ccncc3)N2C1c1ccccc1OC. The minimum absolute atomic E-state index is 0.119. The second-order valence-corrected chi connectivity index (χ2v) is 8.91. The molecule has 0 radical (unpaired) electrons. The smallest absolute Gasteiger partial charge is 0.338 e. The fourth-order valence-corrected chi connectivity index (χ4v) is 5.01. The van der Waals surface area contributed by atoms with E-state index in [9.17, 15) is 9.59 Å². The number of carbonyl (C=O) groups is 2. The summed E-state index contributed by atoms with van der Waals surface area (Å²) in [6.45, 7) is 2.60. The number of amidine groups is 1. The molecule has 0 spiro atoms. The number of pyridine rings is 1. The molecule has 1 N–H and O–H groups in total. The number of hydrogen-bond donors (Lipinski definition) is 1. The second kappa shape index (κ2) is 11.9. The van der Waals surface area contributed by atoms with E-state index in [-0.39, 0.29) is 25.5 Å². The van der Waals surface area contributed by atoms with Crippen LogP contribution in [0.5, 0.6) is 5.75 Å². The third-order valence-electron chi connectivity index (χ3n) is 5.76. The number of thioether (sulfide) groups is 1. The number of nitrogens with one attached hydrogen (secondary N) is 1. The second-order valence-electron chi connectivity index (χ2n) is 8.07. The van der Waals surface area contributed by atoms with Gasteiger partial charge in [0, 0.05) is 37.3 Å². The van der Waals surface area contributed by atoms with Crippen molar-refractivity contribution in [1.82, 2.24) is 15.2 Å². The Morgan fingerprint density at radius 1 is 1.11 bits per heavy atom. The van der Waals surface area contributed by atoms with Crippen molar-refractivity contribution in [1.29, 1.82) is 0 Å². The third-order valence-corrected chi connectivity index (χ3v) is 6.64. The van der Waals surface area contributed by atoms with Gasteiger partial charge in [-0.1, -0.05) is 30.0 Å². The van der Waals surface area contributed by atoms with E-state index in [1.54, 1.807) is 33.5 Å². The van der Waals surface area contributed by atoms with Gasteiger partial charge < -0.3 is 24.4 Å². The van der Waals surface area contributed by atoms with Crippen molar-refractivity contribution in [3.63, 3.8) is 0 Å². The number of benzene rings is 1. The van der Waals surface area contributed by atoms with Gasteiger partial charge in [0.1, 0.15) is 12.4 Å². The number of hydrogen-bond acceptors (Lipinski definition) is 9. The number of aromatic nitrogens is 1. The number of amides is 1. The fourth-order valence-electron chi connectivity index (χ4n) is 4.04. The molecule has 1 atom stereocenters. The highest BCUT2D eigenvalue weighted by Gasteiger charge is 2.42. The van der Waals surface area contributed by atoms with Gasteiger partial charge in [-0.15, -0.1) is 0 Å². The van der Waals surface area contributed by atoms with E-state index in [0.29, 0.717) is 28.7 Å². The molecule has 1 amide bonds. The number of ether oxygens (including phenoxy) is 3. The predicted molar refractivity (Wildman–Crippen MR) is 137 cm³/mol. The molecule has 0 saturated heterocycles. The monoisotopic (exact) mass is 508 g/mol. The predicted octanol–water partition coefficient (Wildman–Crippen LogP) is 3.56. The van der Waals surface area contributed by atoms with E-state index >= 15 is 0 Å². The lowest BCUT2D eigenvalue weighted by Gasteiger charge is -2.36. The summed E-state index contributed by atoms with van der Waals surface area (Å²) in [5.74, 6) is -0.00652. The molecule has 1 unspecified atom stereocenters. The normalized spacial score (nSPS) is 16.8. The number of methoxy groups -OCH3 is 2. The molecule has 9 nitrogen and oxygen atoms in total. The van der Waals surface area contributed by atoms with Crippen LogP contribution in [0.3, 0.4) is 0 Å². The molecular weight excluding hydrogens is 480 g/mol. The number of carbonyl (C=O) groups excluding carboxylic acids is 2. The van der Waals surface area contributed by atoms with Crippen LogP contribution in [0, 0.1) is 0 Å². The van der Waals surface area contributed by atoms with Crippen LogP contribution in [0.25, 0.3) is 0 Å². The maximum atomic E-state index is 13.3. The molecule has 4 rings (SSSR count). The topological polar surface area (TPSA) is 102 Å². The standard InChI is InChI=1S/C26H28N4O5S/c1-17-23(25(32)35-13-12-33-2)24(20-6-4-5-7-21(20)34-3)30-19(16-36-26(30)29-17)14-22(31)28-15-18-8-10-27-11-9-18/h4-11,16,24H,12-15H2,1-3H3,(H,28,31). The van der Waals surface area contributed by atoms with Crippen LogP contribution in [0.2, 0.25) is 0 Å². The highest BCUT2D eigenvalue weighted by Crippen LogP contribution is 2.46. The first-order chi connectivity index (χ1) is 17.5. The molecule has 2 aliphatic heterocycles. The first-order valence-corrected chi connectivity index (χ1v) is 12.3. The van der Waals surface area contributed by atoms with Gasteiger partial charge >= 0.3 is 5.97 Å². The Labute approximate surface area is 214 Å². The van der Waals surface area contributed by atoms with Crippen LogP contribution in [0.15, 0.2) is 76.2 Å². The Morgan fingerprint density at radius 2 is 1.89 bits per heavy atom. The van der Waals surface area contributed by atoms with Crippen molar-refractivity contribution in [2.45, 2.75) is 25.9 Å². The van der Waals surface area contributed by atoms with Gasteiger partial charge in [0.05, 0.1) is 37.4 Å². The molecule has 10 heteroatoms. The van der Waals surface area contributed by atoms with Crippen molar-refractivity contribution >= 4 is 28.8 Å². The number of nitrogens with zero attached hydrogens (tertiary/aromatic N) is 3. The fraction of sp³-hybridized carbons (Fsp3) is 0.308. The van der Waals surface area contributed by atoms with E-state index < -0.39 is 12.0 Å². The van der Waals surface area contributed by atoms with Crippen molar-refractivity contribution in [2.75, 3.05) is 27.4 Å². The molecule has 36 heavy (non-hydrogen) atoms. The number of esters is 1. The first kappa shape index (κ1) is 25.5. The Kier molecular flexibility index (Phi) is 8.40. The Balaban J connectivity index is 1.63. The lowest BCUT2D eigenvalue weighted by Crippen LogP contribution is -2.38. The lowest BCUT2D eigenvalue weighted by molar-refractivity contribution is -0.141. The number of fused-ring (bicyclic) bond motifs is 1. The molecule has 1 aromatic heterocycles. The number of allylic oxidation sites excluding steroid dienone is 1. The largest absolute Gasteiger partial charge is 0.496 e. The molecule has 0 fully saturated rings. The Hall–Kier alpha value is -3.63. The van der Waals surface area contributed by atoms with Gasteiger partial charge in [0.25, 0.3) is 0 Å². The Morgan fingerprint density at radius 3 is 2.64 bits per heavy atom. The average molecular weight is 509 g/mol. The summed E-state index contributed by atoms with van der Waals surface area (Å²) in [5, 5.41) is 5.54. The zero-order valence-electron chi connectivity index (χ0n) is 20.4. The quantitative estimate of drug-likeness (QED) is 0.384. The van der Waals surface area contributed by atoms with E-state index in [1.807, 2.05) is 46.7 Å². The zero-order valence-corrected chi connectivity index (χ0v) is 21.2. The highest BCUT2D eigenvalue weighted by atomic mass is 32.2. The minimum Gasteiger partial charge on any atom is -0.496 e. The molecule has 0 saturated carbocycles. The Bertz CT molecular complexity index is 1210. The van der Waals surface area contributed by atoms with Gasteiger partial charge in [-0.25, -0.2) is 9.79 Å². The van der Waals surface area contributed by atoms with Gasteiger partial charge in [0.15, 0.2) is 5.17 Å². The van der Waals surface area contributed by atoms with Crippen LogP contribution < -0.4 is 10.1 Å². The summed E-state index contributed by atoms with van der Waals surface area (Å²) in [4.78, 5) is 36.7. The molecule has 2 aromatic rings. The number of aliphatic imine (C=N–C) groups is 1.